The maximum Gasteiger partial charge on any atom is 0.323 e. The minimum Gasteiger partial charge on any atom is -0.468 e. The van der Waals surface area contributed by atoms with Crippen LogP contribution in [0.4, 0.5) is 0 Å². The lowest BCUT2D eigenvalue weighted by molar-refractivity contribution is -0.146. The van der Waals surface area contributed by atoms with Gasteiger partial charge in [0.25, 0.3) is 0 Å². The van der Waals surface area contributed by atoms with Gasteiger partial charge in [-0.15, -0.1) is 0 Å². The van der Waals surface area contributed by atoms with Gasteiger partial charge >= 0.3 is 5.97 Å². The van der Waals surface area contributed by atoms with Gasteiger partial charge in [-0.25, -0.2) is 4.98 Å². The number of rotatable bonds is 11. The normalized spacial score (nSPS) is 12.2. The molecular formula is C26H32ClN3O2. The third-order valence-electron chi connectivity index (χ3n) is 5.75. The third kappa shape index (κ3) is 6.21. The summed E-state index contributed by atoms with van der Waals surface area (Å²) in [5.41, 5.74) is 3.21. The molecule has 0 saturated heterocycles. The van der Waals surface area contributed by atoms with Crippen molar-refractivity contribution in [3.63, 3.8) is 0 Å². The van der Waals surface area contributed by atoms with Crippen LogP contribution in [0.1, 0.15) is 42.4 Å². The molecule has 0 bridgehead atoms. The number of unbranched alkanes of at least 4 members (excludes halogenated alkanes) is 1. The second kappa shape index (κ2) is 11.8. The molecule has 32 heavy (non-hydrogen) atoms. The van der Waals surface area contributed by atoms with Crippen molar-refractivity contribution in [2.45, 2.75) is 51.7 Å². The molecule has 0 spiro atoms. The second-order valence-corrected chi connectivity index (χ2v) is 8.50. The van der Waals surface area contributed by atoms with Crippen LogP contribution in [0.25, 0.3) is 0 Å². The van der Waals surface area contributed by atoms with E-state index in [1.54, 1.807) is 0 Å². The van der Waals surface area contributed by atoms with E-state index in [4.69, 9.17) is 21.3 Å². The molecule has 1 heterocycles. The number of imidazole rings is 1. The zero-order chi connectivity index (χ0) is 22.9. The van der Waals surface area contributed by atoms with Gasteiger partial charge in [-0.05, 0) is 37.1 Å². The van der Waals surface area contributed by atoms with Crippen LogP contribution in [0.5, 0.6) is 0 Å². The molecule has 1 unspecified atom stereocenters. The van der Waals surface area contributed by atoms with E-state index in [1.165, 1.54) is 7.11 Å². The van der Waals surface area contributed by atoms with Crippen molar-refractivity contribution in [3.05, 3.63) is 88.5 Å². The van der Waals surface area contributed by atoms with Gasteiger partial charge in [0, 0.05) is 24.2 Å². The fourth-order valence-corrected chi connectivity index (χ4v) is 4.06. The van der Waals surface area contributed by atoms with Gasteiger partial charge in [-0.2, -0.15) is 0 Å². The minimum atomic E-state index is -0.384. The fourth-order valence-electron chi connectivity index (χ4n) is 3.86. The van der Waals surface area contributed by atoms with Crippen LogP contribution in [0.2, 0.25) is 5.02 Å². The Kier molecular flexibility index (Phi) is 8.89. The molecule has 5 nitrogen and oxygen atoms in total. The number of aromatic nitrogens is 2. The van der Waals surface area contributed by atoms with Crippen LogP contribution in [-0.4, -0.2) is 40.6 Å². The molecule has 0 fully saturated rings. The Hall–Kier alpha value is -2.63. The van der Waals surface area contributed by atoms with E-state index in [-0.39, 0.29) is 12.0 Å². The smallest absolute Gasteiger partial charge is 0.323 e. The SMILES string of the molecule is CCCCc1ncc(CN(C)C(Cc2ccccc2)C(=O)OC)n1Cc1ccccc1Cl. The predicted molar refractivity (Wildman–Crippen MR) is 129 cm³/mol. The Labute approximate surface area is 196 Å². The third-order valence-corrected chi connectivity index (χ3v) is 6.12. The lowest BCUT2D eigenvalue weighted by Crippen LogP contribution is -2.41. The number of nitrogens with zero attached hydrogens (tertiary/aromatic N) is 3. The summed E-state index contributed by atoms with van der Waals surface area (Å²) < 4.78 is 7.36. The molecule has 0 aliphatic rings. The Bertz CT molecular complexity index is 1000. The molecule has 6 heteroatoms. The first-order chi connectivity index (χ1) is 15.5. The topological polar surface area (TPSA) is 47.4 Å². The number of aryl methyl sites for hydroxylation is 1. The van der Waals surface area contributed by atoms with E-state index in [9.17, 15) is 4.79 Å². The number of halogens is 1. The molecule has 170 valence electrons. The van der Waals surface area contributed by atoms with Crippen LogP contribution in [0.15, 0.2) is 60.8 Å². The average Bonchev–Trinajstić information content (AvgIpc) is 3.18. The summed E-state index contributed by atoms with van der Waals surface area (Å²) in [7, 11) is 3.40. The van der Waals surface area contributed by atoms with Crippen LogP contribution in [0.3, 0.4) is 0 Å². The predicted octanol–water partition coefficient (Wildman–Crippen LogP) is 5.14. The molecule has 2 aromatic carbocycles. The number of hydrogen-bond donors (Lipinski definition) is 0. The van der Waals surface area contributed by atoms with Crippen molar-refractivity contribution >= 4 is 17.6 Å². The lowest BCUT2D eigenvalue weighted by Gasteiger charge is -2.26. The molecule has 0 radical (unpaired) electrons. The van der Waals surface area contributed by atoms with Crippen molar-refractivity contribution in [1.29, 1.82) is 0 Å². The Morgan fingerprint density at radius 1 is 1.16 bits per heavy atom. The number of likely N-dealkylation sites (N-methyl/N-ethyl adjacent to an activating group) is 1. The minimum absolute atomic E-state index is 0.236. The van der Waals surface area contributed by atoms with Gasteiger partial charge in [0.15, 0.2) is 0 Å². The average molecular weight is 454 g/mol. The largest absolute Gasteiger partial charge is 0.468 e. The van der Waals surface area contributed by atoms with E-state index in [0.29, 0.717) is 19.5 Å². The first-order valence-corrected chi connectivity index (χ1v) is 11.5. The van der Waals surface area contributed by atoms with Crippen molar-refractivity contribution in [3.8, 4) is 0 Å². The van der Waals surface area contributed by atoms with Gasteiger partial charge in [-0.1, -0.05) is 73.5 Å². The highest BCUT2D eigenvalue weighted by molar-refractivity contribution is 6.31. The summed E-state index contributed by atoms with van der Waals surface area (Å²) in [6.07, 6.45) is 5.61. The zero-order valence-electron chi connectivity index (χ0n) is 19.1. The molecule has 0 aliphatic carbocycles. The van der Waals surface area contributed by atoms with Gasteiger partial charge in [0.05, 0.1) is 19.3 Å². The van der Waals surface area contributed by atoms with Gasteiger partial charge in [0.2, 0.25) is 0 Å². The summed E-state index contributed by atoms with van der Waals surface area (Å²) in [6.45, 7) is 3.42. The molecule has 0 N–H and O–H groups in total. The van der Waals surface area contributed by atoms with Crippen molar-refractivity contribution < 1.29 is 9.53 Å². The summed E-state index contributed by atoms with van der Waals surface area (Å²) in [6, 6.07) is 17.5. The van der Waals surface area contributed by atoms with E-state index in [1.807, 2.05) is 72.7 Å². The maximum atomic E-state index is 12.6. The maximum absolute atomic E-state index is 12.6. The number of esters is 1. The zero-order valence-corrected chi connectivity index (χ0v) is 19.9. The summed E-state index contributed by atoms with van der Waals surface area (Å²) in [5, 5.41) is 0.749. The molecule has 0 aliphatic heterocycles. The standard InChI is InChI=1S/C26H32ClN3O2/c1-4-5-15-25-28-17-22(30(25)18-21-13-9-10-14-23(21)27)19-29(2)24(26(31)32-3)16-20-11-7-6-8-12-20/h6-14,17,24H,4-5,15-16,18-19H2,1-3H3. The van der Waals surface area contributed by atoms with E-state index >= 15 is 0 Å². The number of methoxy groups -OCH3 is 1. The Morgan fingerprint density at radius 3 is 2.56 bits per heavy atom. The van der Waals surface area contributed by atoms with E-state index < -0.39 is 0 Å². The first-order valence-electron chi connectivity index (χ1n) is 11.1. The highest BCUT2D eigenvalue weighted by atomic mass is 35.5. The van der Waals surface area contributed by atoms with Crippen molar-refractivity contribution in [2.75, 3.05) is 14.2 Å². The fraction of sp³-hybridized carbons (Fsp3) is 0.385. The molecule has 0 amide bonds. The molecule has 0 saturated carbocycles. The molecule has 3 rings (SSSR count). The number of carbonyl (C=O) groups excluding carboxylic acids is 1. The van der Waals surface area contributed by atoms with Crippen LogP contribution in [-0.2, 0) is 35.5 Å². The van der Waals surface area contributed by atoms with Crippen molar-refractivity contribution in [1.82, 2.24) is 14.5 Å². The van der Waals surface area contributed by atoms with Crippen molar-refractivity contribution in [2.24, 2.45) is 0 Å². The van der Waals surface area contributed by atoms with E-state index in [2.05, 4.69) is 11.5 Å². The summed E-state index contributed by atoms with van der Waals surface area (Å²) in [5.74, 6) is 0.813. The first kappa shape index (κ1) is 24.0. The Balaban J connectivity index is 1.85. The van der Waals surface area contributed by atoms with Crippen LogP contribution >= 0.6 is 11.6 Å². The highest BCUT2D eigenvalue weighted by Gasteiger charge is 2.26. The molecule has 3 aromatic rings. The molecular weight excluding hydrogens is 422 g/mol. The number of benzene rings is 2. The lowest BCUT2D eigenvalue weighted by atomic mass is 10.0. The molecule has 1 atom stereocenters. The number of carbonyl (C=O) groups is 1. The van der Waals surface area contributed by atoms with Crippen LogP contribution < -0.4 is 0 Å². The van der Waals surface area contributed by atoms with Gasteiger partial charge in [-0.3, -0.25) is 9.69 Å². The van der Waals surface area contributed by atoms with E-state index in [0.717, 1.165) is 46.9 Å². The highest BCUT2D eigenvalue weighted by Crippen LogP contribution is 2.21. The second-order valence-electron chi connectivity index (χ2n) is 8.09. The quantitative estimate of drug-likeness (QED) is 0.377. The molecule has 1 aromatic heterocycles. The number of hydrogen-bond acceptors (Lipinski definition) is 4. The number of ether oxygens (including phenoxy) is 1. The Morgan fingerprint density at radius 2 is 1.88 bits per heavy atom. The monoisotopic (exact) mass is 453 g/mol. The van der Waals surface area contributed by atoms with Gasteiger partial charge in [0.1, 0.15) is 11.9 Å². The van der Waals surface area contributed by atoms with Crippen LogP contribution in [0, 0.1) is 0 Å². The summed E-state index contributed by atoms with van der Waals surface area (Å²) in [4.78, 5) is 19.4. The van der Waals surface area contributed by atoms with Gasteiger partial charge < -0.3 is 9.30 Å². The summed E-state index contributed by atoms with van der Waals surface area (Å²) >= 11 is 6.45.